The lowest BCUT2D eigenvalue weighted by Gasteiger charge is -2.30. The average Bonchev–Trinajstić information content (AvgIpc) is 2.83. The molecule has 1 aliphatic heterocycles. The van der Waals surface area contributed by atoms with Gasteiger partial charge in [0.15, 0.2) is 0 Å². The van der Waals surface area contributed by atoms with E-state index in [4.69, 9.17) is 23.2 Å². The van der Waals surface area contributed by atoms with E-state index in [1.807, 2.05) is 30.3 Å². The highest BCUT2D eigenvalue weighted by atomic mass is 35.5. The predicted molar refractivity (Wildman–Crippen MR) is 111 cm³/mol. The van der Waals surface area contributed by atoms with Crippen LogP contribution in [0.2, 0.25) is 10.0 Å². The summed E-state index contributed by atoms with van der Waals surface area (Å²) in [6, 6.07) is 21.1. The standard InChI is InChI=1S/C22H16Cl2N2O2/c23-16-8-4-7-15(11-16)22(28)26-13-20(27)25-19-10-9-17(24)12-18(19)21(26)14-5-2-1-3-6-14/h1-12,21H,13H2,(H,25,27). The zero-order valence-electron chi connectivity index (χ0n) is 14.7. The minimum atomic E-state index is -0.472. The van der Waals surface area contributed by atoms with Gasteiger partial charge in [0.05, 0.1) is 6.04 Å². The largest absolute Gasteiger partial charge is 0.324 e. The Bertz CT molecular complexity index is 1050. The first-order valence-electron chi connectivity index (χ1n) is 8.74. The molecule has 0 bridgehead atoms. The summed E-state index contributed by atoms with van der Waals surface area (Å²) in [6.07, 6.45) is 0. The van der Waals surface area contributed by atoms with E-state index in [-0.39, 0.29) is 18.4 Å². The van der Waals surface area contributed by atoms with E-state index in [1.54, 1.807) is 47.4 Å². The van der Waals surface area contributed by atoms with Crippen LogP contribution in [-0.2, 0) is 4.79 Å². The molecule has 0 fully saturated rings. The number of amides is 2. The molecular formula is C22H16Cl2N2O2. The lowest BCUT2D eigenvalue weighted by molar-refractivity contribution is -0.117. The molecule has 0 spiro atoms. The van der Waals surface area contributed by atoms with Crippen LogP contribution in [0.3, 0.4) is 0 Å². The molecule has 0 aromatic heterocycles. The topological polar surface area (TPSA) is 49.4 Å². The molecule has 28 heavy (non-hydrogen) atoms. The summed E-state index contributed by atoms with van der Waals surface area (Å²) < 4.78 is 0. The van der Waals surface area contributed by atoms with Gasteiger partial charge in [0, 0.05) is 26.9 Å². The number of rotatable bonds is 2. The highest BCUT2D eigenvalue weighted by Gasteiger charge is 2.34. The van der Waals surface area contributed by atoms with Gasteiger partial charge in [0.2, 0.25) is 5.91 Å². The van der Waals surface area contributed by atoms with E-state index in [0.717, 1.165) is 11.1 Å². The second-order valence-electron chi connectivity index (χ2n) is 6.54. The number of nitrogens with one attached hydrogen (secondary N) is 1. The van der Waals surface area contributed by atoms with Crippen molar-refractivity contribution in [1.29, 1.82) is 0 Å². The number of hydrogen-bond acceptors (Lipinski definition) is 2. The highest BCUT2D eigenvalue weighted by molar-refractivity contribution is 6.31. The summed E-state index contributed by atoms with van der Waals surface area (Å²) in [5.74, 6) is -0.545. The van der Waals surface area contributed by atoms with E-state index >= 15 is 0 Å². The van der Waals surface area contributed by atoms with Crippen LogP contribution in [0.5, 0.6) is 0 Å². The van der Waals surface area contributed by atoms with Crippen molar-refractivity contribution in [3.05, 3.63) is 99.5 Å². The molecule has 3 aromatic carbocycles. The Kier molecular flexibility index (Phi) is 5.07. The van der Waals surface area contributed by atoms with Crippen molar-refractivity contribution in [2.24, 2.45) is 0 Å². The van der Waals surface area contributed by atoms with Gasteiger partial charge < -0.3 is 10.2 Å². The van der Waals surface area contributed by atoms with Crippen molar-refractivity contribution in [3.8, 4) is 0 Å². The van der Waals surface area contributed by atoms with Crippen molar-refractivity contribution in [1.82, 2.24) is 4.90 Å². The third-order valence-corrected chi connectivity index (χ3v) is 5.13. The molecule has 2 amide bonds. The van der Waals surface area contributed by atoms with Crippen molar-refractivity contribution in [2.45, 2.75) is 6.04 Å². The number of hydrogen-bond donors (Lipinski definition) is 1. The fourth-order valence-corrected chi connectivity index (χ4v) is 3.82. The zero-order chi connectivity index (χ0) is 19.7. The van der Waals surface area contributed by atoms with Gasteiger partial charge in [-0.2, -0.15) is 0 Å². The number of carbonyl (C=O) groups excluding carboxylic acids is 2. The summed E-state index contributed by atoms with van der Waals surface area (Å²) in [4.78, 5) is 27.5. The number of anilines is 1. The molecule has 1 heterocycles. The number of carbonyl (C=O) groups is 2. The number of nitrogens with zero attached hydrogens (tertiary/aromatic N) is 1. The summed E-state index contributed by atoms with van der Waals surface area (Å²) >= 11 is 12.3. The third kappa shape index (κ3) is 3.61. The molecule has 4 rings (SSSR count). The molecule has 0 aliphatic carbocycles. The lowest BCUT2D eigenvalue weighted by Crippen LogP contribution is -2.39. The quantitative estimate of drug-likeness (QED) is 0.632. The Labute approximate surface area is 172 Å². The first-order chi connectivity index (χ1) is 13.5. The average molecular weight is 411 g/mol. The molecule has 0 saturated carbocycles. The van der Waals surface area contributed by atoms with Gasteiger partial charge >= 0.3 is 0 Å². The molecule has 6 heteroatoms. The SMILES string of the molecule is O=C1CN(C(=O)c2cccc(Cl)c2)C(c2ccccc2)c2cc(Cl)ccc2N1. The van der Waals surface area contributed by atoms with E-state index in [1.165, 1.54) is 0 Å². The van der Waals surface area contributed by atoms with Crippen molar-refractivity contribution < 1.29 is 9.59 Å². The van der Waals surface area contributed by atoms with Crippen LogP contribution < -0.4 is 5.32 Å². The van der Waals surface area contributed by atoms with Crippen molar-refractivity contribution in [3.63, 3.8) is 0 Å². The zero-order valence-corrected chi connectivity index (χ0v) is 16.2. The van der Waals surface area contributed by atoms with E-state index in [0.29, 0.717) is 21.3 Å². The van der Waals surface area contributed by atoms with E-state index in [2.05, 4.69) is 5.32 Å². The monoisotopic (exact) mass is 410 g/mol. The van der Waals surface area contributed by atoms with Crippen LogP contribution in [0.15, 0.2) is 72.8 Å². The lowest BCUT2D eigenvalue weighted by atomic mass is 9.95. The summed E-state index contributed by atoms with van der Waals surface area (Å²) in [5, 5.41) is 3.88. The number of fused-ring (bicyclic) bond motifs is 1. The molecule has 3 aromatic rings. The molecule has 1 N–H and O–H groups in total. The van der Waals surface area contributed by atoms with Gasteiger partial charge in [0.1, 0.15) is 6.54 Å². The van der Waals surface area contributed by atoms with E-state index < -0.39 is 6.04 Å². The molecule has 140 valence electrons. The van der Waals surface area contributed by atoms with Crippen molar-refractivity contribution in [2.75, 3.05) is 11.9 Å². The van der Waals surface area contributed by atoms with Crippen LogP contribution >= 0.6 is 23.2 Å². The Morgan fingerprint density at radius 1 is 0.929 bits per heavy atom. The Hall–Kier alpha value is -2.82. The minimum absolute atomic E-state index is 0.0861. The first kappa shape index (κ1) is 18.5. The van der Waals surface area contributed by atoms with Crippen LogP contribution in [0, 0.1) is 0 Å². The summed E-state index contributed by atoms with van der Waals surface area (Å²) in [6.45, 7) is -0.0861. The van der Waals surface area contributed by atoms with Gasteiger partial charge in [-0.15, -0.1) is 0 Å². The Morgan fingerprint density at radius 3 is 2.43 bits per heavy atom. The maximum atomic E-state index is 13.4. The molecular weight excluding hydrogens is 395 g/mol. The second-order valence-corrected chi connectivity index (χ2v) is 7.41. The predicted octanol–water partition coefficient (Wildman–Crippen LogP) is 5.18. The first-order valence-corrected chi connectivity index (χ1v) is 9.49. The van der Waals surface area contributed by atoms with Gasteiger partial charge in [0.25, 0.3) is 5.91 Å². The van der Waals surface area contributed by atoms with Crippen LogP contribution in [-0.4, -0.2) is 23.3 Å². The van der Waals surface area contributed by atoms with Gasteiger partial charge in [-0.3, -0.25) is 9.59 Å². The van der Waals surface area contributed by atoms with Crippen molar-refractivity contribution >= 4 is 40.7 Å². The minimum Gasteiger partial charge on any atom is -0.324 e. The summed E-state index contributed by atoms with van der Waals surface area (Å²) in [5.41, 5.74) is 2.72. The normalized spacial score (nSPS) is 16.1. The Morgan fingerprint density at radius 2 is 1.68 bits per heavy atom. The van der Waals surface area contributed by atoms with Gasteiger partial charge in [-0.05, 0) is 42.0 Å². The fourth-order valence-electron chi connectivity index (χ4n) is 3.45. The molecule has 1 unspecified atom stereocenters. The maximum Gasteiger partial charge on any atom is 0.255 e. The molecule has 4 nitrogen and oxygen atoms in total. The van der Waals surface area contributed by atoms with Gasteiger partial charge in [-0.1, -0.05) is 59.6 Å². The number of benzene rings is 3. The van der Waals surface area contributed by atoms with Crippen LogP contribution in [0.25, 0.3) is 0 Å². The number of halogens is 2. The fraction of sp³-hybridized carbons (Fsp3) is 0.0909. The van der Waals surface area contributed by atoms with Gasteiger partial charge in [-0.25, -0.2) is 0 Å². The second kappa shape index (κ2) is 7.66. The molecule has 0 saturated heterocycles. The highest BCUT2D eigenvalue weighted by Crippen LogP contribution is 2.38. The summed E-state index contributed by atoms with van der Waals surface area (Å²) in [7, 11) is 0. The molecule has 0 radical (unpaired) electrons. The smallest absolute Gasteiger partial charge is 0.255 e. The van der Waals surface area contributed by atoms with Crippen LogP contribution in [0.1, 0.15) is 27.5 Å². The molecule has 1 aliphatic rings. The third-order valence-electron chi connectivity index (χ3n) is 4.66. The van der Waals surface area contributed by atoms with Crippen LogP contribution in [0.4, 0.5) is 5.69 Å². The Balaban J connectivity index is 1.89. The van der Waals surface area contributed by atoms with E-state index in [9.17, 15) is 9.59 Å². The maximum absolute atomic E-state index is 13.4. The molecule has 1 atom stereocenters.